The van der Waals surface area contributed by atoms with Gasteiger partial charge in [-0.1, -0.05) is 13.8 Å². The molecule has 1 amide bonds. The third kappa shape index (κ3) is 3.16. The molecule has 1 unspecified atom stereocenters. The Morgan fingerprint density at radius 3 is 2.78 bits per heavy atom. The van der Waals surface area contributed by atoms with Crippen LogP contribution in [-0.2, 0) is 0 Å². The molecule has 0 saturated carbocycles. The normalized spacial score (nSPS) is 21.1. The number of hydrogen-bond acceptors (Lipinski definition) is 2. The van der Waals surface area contributed by atoms with Gasteiger partial charge in [0, 0.05) is 13.1 Å². The van der Waals surface area contributed by atoms with E-state index in [1.807, 2.05) is 4.90 Å². The van der Waals surface area contributed by atoms with E-state index in [1.54, 1.807) is 12.1 Å². The van der Waals surface area contributed by atoms with Crippen molar-refractivity contribution >= 4 is 21.8 Å². The summed E-state index contributed by atoms with van der Waals surface area (Å²) in [6.45, 7) is 6.23. The molecule has 0 N–H and O–H groups in total. The predicted molar refractivity (Wildman–Crippen MR) is 74.5 cm³/mol. The van der Waals surface area contributed by atoms with Crippen LogP contribution in [0.5, 0.6) is 0 Å². The van der Waals surface area contributed by atoms with Crippen LogP contribution in [0.2, 0.25) is 0 Å². The van der Waals surface area contributed by atoms with E-state index in [0.717, 1.165) is 31.8 Å². The van der Waals surface area contributed by atoms with Crippen molar-refractivity contribution in [3.05, 3.63) is 22.6 Å². The van der Waals surface area contributed by atoms with Crippen molar-refractivity contribution in [1.82, 2.24) is 4.90 Å². The van der Waals surface area contributed by atoms with Crippen molar-refractivity contribution in [2.24, 2.45) is 11.8 Å². The van der Waals surface area contributed by atoms with Gasteiger partial charge in [-0.3, -0.25) is 4.79 Å². The van der Waals surface area contributed by atoms with Crippen molar-refractivity contribution in [1.29, 1.82) is 0 Å². The van der Waals surface area contributed by atoms with E-state index in [1.165, 1.54) is 6.42 Å². The summed E-state index contributed by atoms with van der Waals surface area (Å²) in [4.78, 5) is 14.2. The number of carbonyl (C=O) groups is 1. The van der Waals surface area contributed by atoms with Gasteiger partial charge >= 0.3 is 0 Å². The number of hydrogen-bond donors (Lipinski definition) is 0. The molecule has 0 aliphatic carbocycles. The fraction of sp³-hybridized carbons (Fsp3) is 0.643. The van der Waals surface area contributed by atoms with Gasteiger partial charge in [0.2, 0.25) is 0 Å². The summed E-state index contributed by atoms with van der Waals surface area (Å²) in [7, 11) is 0. The summed E-state index contributed by atoms with van der Waals surface area (Å²) in [6, 6.07) is 3.50. The quantitative estimate of drug-likeness (QED) is 0.828. The van der Waals surface area contributed by atoms with Gasteiger partial charge in [0.05, 0.1) is 0 Å². The van der Waals surface area contributed by atoms with Crippen molar-refractivity contribution in [2.75, 3.05) is 13.1 Å². The molecule has 18 heavy (non-hydrogen) atoms. The highest BCUT2D eigenvalue weighted by atomic mass is 79.9. The van der Waals surface area contributed by atoms with Crippen LogP contribution in [0.1, 0.15) is 43.7 Å². The molecule has 1 saturated heterocycles. The Morgan fingerprint density at radius 1 is 1.39 bits per heavy atom. The molecule has 0 bridgehead atoms. The lowest BCUT2D eigenvalue weighted by Gasteiger charge is -2.20. The minimum atomic E-state index is 0.0186. The van der Waals surface area contributed by atoms with E-state index in [9.17, 15) is 4.79 Å². The highest BCUT2D eigenvalue weighted by Crippen LogP contribution is 2.25. The fourth-order valence-corrected chi connectivity index (χ4v) is 2.88. The molecule has 1 aliphatic heterocycles. The van der Waals surface area contributed by atoms with Crippen molar-refractivity contribution in [3.63, 3.8) is 0 Å². The standard InChI is InChI=1S/C14H20BrNO2/c1-10(2)11-4-3-8-16(9-7-11)14(17)12-5-6-13(15)18-12/h5-6,10-11H,3-4,7-9H2,1-2H3. The Labute approximate surface area is 117 Å². The summed E-state index contributed by atoms with van der Waals surface area (Å²) in [5.41, 5.74) is 0. The largest absolute Gasteiger partial charge is 0.444 e. The fourth-order valence-electron chi connectivity index (χ4n) is 2.58. The minimum absolute atomic E-state index is 0.0186. The summed E-state index contributed by atoms with van der Waals surface area (Å²) in [6.07, 6.45) is 3.42. The highest BCUT2D eigenvalue weighted by molar-refractivity contribution is 9.10. The highest BCUT2D eigenvalue weighted by Gasteiger charge is 2.24. The topological polar surface area (TPSA) is 33.5 Å². The second kappa shape index (κ2) is 5.91. The number of halogens is 1. The molecule has 2 heterocycles. The van der Waals surface area contributed by atoms with Gasteiger partial charge in [-0.2, -0.15) is 0 Å². The summed E-state index contributed by atoms with van der Waals surface area (Å²) in [5, 5.41) is 0. The molecule has 100 valence electrons. The third-order valence-corrected chi connectivity index (χ3v) is 4.21. The van der Waals surface area contributed by atoms with Gasteiger partial charge in [0.25, 0.3) is 5.91 Å². The van der Waals surface area contributed by atoms with E-state index >= 15 is 0 Å². The number of carbonyl (C=O) groups excluding carboxylic acids is 1. The average molecular weight is 314 g/mol. The van der Waals surface area contributed by atoms with Crippen LogP contribution in [0, 0.1) is 11.8 Å². The zero-order valence-electron chi connectivity index (χ0n) is 11.0. The van der Waals surface area contributed by atoms with E-state index in [4.69, 9.17) is 4.42 Å². The number of nitrogens with zero attached hydrogens (tertiary/aromatic N) is 1. The van der Waals surface area contributed by atoms with Crippen LogP contribution < -0.4 is 0 Å². The van der Waals surface area contributed by atoms with E-state index in [2.05, 4.69) is 29.8 Å². The molecular weight excluding hydrogens is 294 g/mol. The third-order valence-electron chi connectivity index (χ3n) is 3.79. The molecule has 1 atom stereocenters. The number of furan rings is 1. The van der Waals surface area contributed by atoms with Crippen LogP contribution in [0.25, 0.3) is 0 Å². The monoisotopic (exact) mass is 313 g/mol. The first-order chi connectivity index (χ1) is 8.58. The molecule has 3 nitrogen and oxygen atoms in total. The lowest BCUT2D eigenvalue weighted by Crippen LogP contribution is -2.31. The second-order valence-corrected chi connectivity index (χ2v) is 6.11. The smallest absolute Gasteiger partial charge is 0.289 e. The average Bonchev–Trinajstić information content (AvgIpc) is 2.63. The summed E-state index contributed by atoms with van der Waals surface area (Å²) in [5.74, 6) is 1.90. The summed E-state index contributed by atoms with van der Waals surface area (Å²) >= 11 is 3.23. The van der Waals surface area contributed by atoms with Gasteiger partial charge in [-0.15, -0.1) is 0 Å². The van der Waals surface area contributed by atoms with E-state index in [-0.39, 0.29) is 5.91 Å². The van der Waals surface area contributed by atoms with Gasteiger partial charge < -0.3 is 9.32 Å². The van der Waals surface area contributed by atoms with Gasteiger partial charge in [0.1, 0.15) is 0 Å². The lowest BCUT2D eigenvalue weighted by atomic mass is 9.89. The first-order valence-corrected chi connectivity index (χ1v) is 7.42. The molecule has 1 aromatic rings. The van der Waals surface area contributed by atoms with E-state index in [0.29, 0.717) is 16.3 Å². The van der Waals surface area contributed by atoms with Crippen LogP contribution in [-0.4, -0.2) is 23.9 Å². The zero-order chi connectivity index (χ0) is 13.1. The SMILES string of the molecule is CC(C)C1CCCN(C(=O)c2ccc(Br)o2)CC1. The maximum absolute atomic E-state index is 12.3. The van der Waals surface area contributed by atoms with Gasteiger partial charge in [-0.05, 0) is 59.2 Å². The van der Waals surface area contributed by atoms with Crippen molar-refractivity contribution in [3.8, 4) is 0 Å². The Bertz CT molecular complexity index is 414. The lowest BCUT2D eigenvalue weighted by molar-refractivity contribution is 0.0725. The molecule has 2 rings (SSSR count). The first-order valence-electron chi connectivity index (χ1n) is 6.62. The van der Waals surface area contributed by atoms with Crippen LogP contribution in [0.3, 0.4) is 0 Å². The Balaban J connectivity index is 1.99. The number of rotatable bonds is 2. The van der Waals surface area contributed by atoms with Gasteiger partial charge in [-0.25, -0.2) is 0 Å². The predicted octanol–water partition coefficient (Wildman–Crippen LogP) is 3.94. The Morgan fingerprint density at radius 2 is 2.17 bits per heavy atom. The van der Waals surface area contributed by atoms with Crippen LogP contribution in [0.4, 0.5) is 0 Å². The van der Waals surface area contributed by atoms with Crippen LogP contribution in [0.15, 0.2) is 21.2 Å². The zero-order valence-corrected chi connectivity index (χ0v) is 12.6. The minimum Gasteiger partial charge on any atom is -0.444 e. The molecule has 0 aromatic carbocycles. The van der Waals surface area contributed by atoms with Crippen molar-refractivity contribution < 1.29 is 9.21 Å². The van der Waals surface area contributed by atoms with Crippen molar-refractivity contribution in [2.45, 2.75) is 33.1 Å². The molecule has 1 aromatic heterocycles. The molecule has 4 heteroatoms. The van der Waals surface area contributed by atoms with Gasteiger partial charge in [0.15, 0.2) is 10.4 Å². The molecular formula is C14H20BrNO2. The Kier molecular flexibility index (Phi) is 4.49. The number of amides is 1. The molecule has 1 aliphatic rings. The van der Waals surface area contributed by atoms with Crippen LogP contribution >= 0.6 is 15.9 Å². The number of likely N-dealkylation sites (tertiary alicyclic amines) is 1. The van der Waals surface area contributed by atoms with E-state index < -0.39 is 0 Å². The first kappa shape index (κ1) is 13.7. The molecule has 1 fully saturated rings. The second-order valence-electron chi connectivity index (χ2n) is 5.33. The molecule has 0 spiro atoms. The maximum atomic E-state index is 12.3. The Hall–Kier alpha value is -0.770. The maximum Gasteiger partial charge on any atom is 0.289 e. The summed E-state index contributed by atoms with van der Waals surface area (Å²) < 4.78 is 5.95. The molecule has 0 radical (unpaired) electrons.